The van der Waals surface area contributed by atoms with E-state index >= 15 is 0 Å². The molecule has 3 aromatic rings. The number of nitrogens with zero attached hydrogens (tertiary/aromatic N) is 4. The average Bonchev–Trinajstić information content (AvgIpc) is 3.16. The molecule has 0 spiro atoms. The number of aromatic nitrogens is 3. The molecule has 29 heavy (non-hydrogen) atoms. The molecule has 1 heterocycles. The summed E-state index contributed by atoms with van der Waals surface area (Å²) in [7, 11) is 3.29. The summed E-state index contributed by atoms with van der Waals surface area (Å²) < 4.78 is 47.5. The topological polar surface area (TPSA) is 54.2 Å². The monoisotopic (exact) mass is 423 g/mol. The molecule has 3 rings (SSSR count). The summed E-state index contributed by atoms with van der Waals surface area (Å²) in [5.41, 5.74) is 4.45. The first-order chi connectivity index (χ1) is 13.7. The number of alkyl halides is 3. The van der Waals surface area contributed by atoms with Crippen LogP contribution in [0.2, 0.25) is 0 Å². The first kappa shape index (κ1) is 22.8. The van der Waals surface area contributed by atoms with Crippen molar-refractivity contribution in [3.05, 3.63) is 59.4 Å². The smallest absolute Gasteiger partial charge is 0.347 e. The van der Waals surface area contributed by atoms with Gasteiger partial charge in [-0.05, 0) is 60.6 Å². The summed E-state index contributed by atoms with van der Waals surface area (Å²) >= 11 is 2.53. The van der Waals surface area contributed by atoms with Crippen molar-refractivity contribution in [2.75, 3.05) is 19.0 Å². The Hall–Kier alpha value is -2.52. The highest BCUT2D eigenvalue weighted by atomic mass is 32.1. The number of anilines is 1. The molecule has 0 fully saturated rings. The molecule has 0 saturated heterocycles. The molecule has 0 aliphatic rings. The predicted octanol–water partition coefficient (Wildman–Crippen LogP) is 5.08. The second-order valence-corrected chi connectivity index (χ2v) is 6.48. The fourth-order valence-corrected chi connectivity index (χ4v) is 2.99. The minimum atomic E-state index is -4.61. The molecule has 2 aromatic carbocycles. The number of thiol groups is 1. The van der Waals surface area contributed by atoms with Gasteiger partial charge in [0.2, 0.25) is 5.95 Å². The highest BCUT2D eigenvalue weighted by Crippen LogP contribution is 2.33. The van der Waals surface area contributed by atoms with Gasteiger partial charge in [0.25, 0.3) is 5.82 Å². The van der Waals surface area contributed by atoms with Gasteiger partial charge < -0.3 is 9.45 Å². The van der Waals surface area contributed by atoms with Crippen LogP contribution in [-0.2, 0) is 12.6 Å². The predicted molar refractivity (Wildman–Crippen MR) is 111 cm³/mol. The lowest BCUT2D eigenvalue weighted by Gasteiger charge is -2.17. The molecular weight excluding hydrogens is 401 g/mol. The number of rotatable bonds is 4. The van der Waals surface area contributed by atoms with Gasteiger partial charge in [-0.3, -0.25) is 0 Å². The van der Waals surface area contributed by atoms with Crippen molar-refractivity contribution in [2.45, 2.75) is 26.4 Å². The quantitative estimate of drug-likeness (QED) is 0.454. The second kappa shape index (κ2) is 9.32. The molecule has 0 bridgehead atoms. The summed E-state index contributed by atoms with van der Waals surface area (Å²) in [4.78, 5) is 5.23. The van der Waals surface area contributed by atoms with E-state index in [-0.39, 0.29) is 5.95 Å². The third-order valence-corrected chi connectivity index (χ3v) is 4.31. The Balaban J connectivity index is 0.00000145. The van der Waals surface area contributed by atoms with Crippen LogP contribution in [0.3, 0.4) is 0 Å². The maximum absolute atomic E-state index is 13.2. The maximum Gasteiger partial charge on any atom is 0.453 e. The SMILES string of the molecule is CCc1cc(C)c(-c2cc[c]cc2)cc1-n1nc(C(F)(F)F)nc1N(C)C.OS. The number of aryl methyl sites for hydroxylation is 2. The van der Waals surface area contributed by atoms with Crippen LogP contribution >= 0.6 is 12.9 Å². The van der Waals surface area contributed by atoms with E-state index in [0.717, 1.165) is 22.3 Å². The van der Waals surface area contributed by atoms with Crippen LogP contribution in [0.4, 0.5) is 19.1 Å². The van der Waals surface area contributed by atoms with E-state index in [1.54, 1.807) is 14.1 Å². The molecular formula is C20H22F3N4OS. The Kier molecular flexibility index (Phi) is 7.32. The maximum atomic E-state index is 13.2. The molecule has 1 radical (unpaired) electrons. The molecule has 0 amide bonds. The zero-order chi connectivity index (χ0) is 21.8. The Labute approximate surface area is 173 Å². The fraction of sp³-hybridized carbons (Fsp3) is 0.300. The normalized spacial score (nSPS) is 11.1. The molecule has 0 atom stereocenters. The minimum absolute atomic E-state index is 0.133. The highest BCUT2D eigenvalue weighted by molar-refractivity contribution is 7.74. The van der Waals surface area contributed by atoms with Gasteiger partial charge in [0, 0.05) is 14.1 Å². The number of halogens is 3. The highest BCUT2D eigenvalue weighted by Gasteiger charge is 2.38. The van der Waals surface area contributed by atoms with Gasteiger partial charge in [-0.2, -0.15) is 22.8 Å². The largest absolute Gasteiger partial charge is 0.453 e. The Morgan fingerprint density at radius 3 is 2.31 bits per heavy atom. The van der Waals surface area contributed by atoms with E-state index in [2.05, 4.69) is 29.1 Å². The van der Waals surface area contributed by atoms with Crippen molar-refractivity contribution in [3.8, 4) is 16.8 Å². The molecule has 1 N–H and O–H groups in total. The van der Waals surface area contributed by atoms with Crippen molar-refractivity contribution >= 4 is 18.9 Å². The fourth-order valence-electron chi connectivity index (χ4n) is 2.99. The molecule has 0 aliphatic carbocycles. The van der Waals surface area contributed by atoms with Crippen LogP contribution in [0.15, 0.2) is 36.4 Å². The van der Waals surface area contributed by atoms with E-state index < -0.39 is 12.0 Å². The molecule has 9 heteroatoms. The molecule has 0 aliphatic heterocycles. The average molecular weight is 423 g/mol. The zero-order valence-electron chi connectivity index (χ0n) is 16.5. The number of benzene rings is 2. The van der Waals surface area contributed by atoms with Gasteiger partial charge in [-0.1, -0.05) is 37.3 Å². The lowest BCUT2D eigenvalue weighted by atomic mass is 9.96. The van der Waals surface area contributed by atoms with Crippen LogP contribution in [0.25, 0.3) is 16.8 Å². The molecule has 155 valence electrons. The zero-order valence-corrected chi connectivity index (χ0v) is 17.4. The van der Waals surface area contributed by atoms with E-state index in [1.807, 2.05) is 50.2 Å². The molecule has 0 saturated carbocycles. The first-order valence-electron chi connectivity index (χ1n) is 8.74. The van der Waals surface area contributed by atoms with E-state index in [0.29, 0.717) is 12.1 Å². The lowest BCUT2D eigenvalue weighted by Crippen LogP contribution is -2.16. The van der Waals surface area contributed by atoms with Crippen LogP contribution < -0.4 is 4.90 Å². The van der Waals surface area contributed by atoms with Gasteiger partial charge >= 0.3 is 6.18 Å². The van der Waals surface area contributed by atoms with Gasteiger partial charge in [-0.25, -0.2) is 0 Å². The van der Waals surface area contributed by atoms with E-state index in [9.17, 15) is 13.2 Å². The first-order valence-corrected chi connectivity index (χ1v) is 9.14. The van der Waals surface area contributed by atoms with Gasteiger partial charge in [0.1, 0.15) is 0 Å². The van der Waals surface area contributed by atoms with Crippen molar-refractivity contribution in [1.29, 1.82) is 0 Å². The lowest BCUT2D eigenvalue weighted by molar-refractivity contribution is -0.144. The van der Waals surface area contributed by atoms with E-state index in [1.165, 1.54) is 9.58 Å². The van der Waals surface area contributed by atoms with Crippen molar-refractivity contribution in [1.82, 2.24) is 14.8 Å². The van der Waals surface area contributed by atoms with Crippen LogP contribution in [-0.4, -0.2) is 33.4 Å². The Morgan fingerprint density at radius 1 is 1.17 bits per heavy atom. The van der Waals surface area contributed by atoms with Gasteiger partial charge in [0.15, 0.2) is 0 Å². The van der Waals surface area contributed by atoms with Crippen LogP contribution in [0.1, 0.15) is 23.9 Å². The summed E-state index contributed by atoms with van der Waals surface area (Å²) in [5, 5.41) is 3.78. The summed E-state index contributed by atoms with van der Waals surface area (Å²) in [6.07, 6.45) is -3.95. The minimum Gasteiger partial charge on any atom is -0.347 e. The Morgan fingerprint density at radius 2 is 1.79 bits per heavy atom. The third kappa shape index (κ3) is 4.91. The number of hydrogen-bond acceptors (Lipinski definition) is 5. The third-order valence-electron chi connectivity index (χ3n) is 4.31. The van der Waals surface area contributed by atoms with Crippen molar-refractivity contribution in [3.63, 3.8) is 0 Å². The number of hydrogen-bond donors (Lipinski definition) is 2. The van der Waals surface area contributed by atoms with Crippen LogP contribution in [0.5, 0.6) is 0 Å². The summed E-state index contributed by atoms with van der Waals surface area (Å²) in [6.45, 7) is 3.96. The summed E-state index contributed by atoms with van der Waals surface area (Å²) in [6, 6.07) is 14.3. The van der Waals surface area contributed by atoms with Crippen molar-refractivity contribution < 1.29 is 17.7 Å². The van der Waals surface area contributed by atoms with Gasteiger partial charge in [0.05, 0.1) is 5.69 Å². The second-order valence-electron chi connectivity index (χ2n) is 6.48. The standard InChI is InChI=1S/C20H20F3N4.H2OS/c1-5-14-11-13(2)16(15-9-7-6-8-10-15)12-17(14)27-19(26(3)4)24-18(25-27)20(21,22)23;1-2/h7-12H,5H2,1-4H3;1-2H. The van der Waals surface area contributed by atoms with Crippen LogP contribution in [0, 0.1) is 13.0 Å². The molecule has 1 aromatic heterocycles. The van der Waals surface area contributed by atoms with Gasteiger partial charge in [-0.15, -0.1) is 5.10 Å². The molecule has 5 nitrogen and oxygen atoms in total. The summed E-state index contributed by atoms with van der Waals surface area (Å²) in [5.74, 6) is -1.02. The van der Waals surface area contributed by atoms with E-state index in [4.69, 9.17) is 4.55 Å². The van der Waals surface area contributed by atoms with Crippen molar-refractivity contribution in [2.24, 2.45) is 0 Å². The Bertz CT molecular complexity index is 956. The molecule has 0 unspecified atom stereocenters.